The van der Waals surface area contributed by atoms with Crippen LogP contribution in [0.5, 0.6) is 5.75 Å². The first-order chi connectivity index (χ1) is 12.2. The fourth-order valence-corrected chi connectivity index (χ4v) is 2.60. The number of rotatable bonds is 2. The van der Waals surface area contributed by atoms with Gasteiger partial charge < -0.3 is 5.11 Å². The Morgan fingerprint density at radius 1 is 0.615 bits per heavy atom. The van der Waals surface area contributed by atoms with Crippen LogP contribution in [0, 0.1) is 17.5 Å². The predicted octanol–water partition coefficient (Wildman–Crippen LogP) is 6.16. The van der Waals surface area contributed by atoms with Crippen molar-refractivity contribution in [3.8, 4) is 28.0 Å². The van der Waals surface area contributed by atoms with E-state index in [1.807, 2.05) is 0 Å². The Balaban J connectivity index is 2.34. The molecule has 0 spiro atoms. The van der Waals surface area contributed by atoms with Gasteiger partial charge in [-0.3, -0.25) is 0 Å². The minimum atomic E-state index is -4.73. The van der Waals surface area contributed by atoms with Gasteiger partial charge in [0.2, 0.25) is 0 Å². The second-order valence-corrected chi connectivity index (χ2v) is 5.52. The van der Waals surface area contributed by atoms with Crippen LogP contribution in [0.25, 0.3) is 22.3 Å². The molecule has 0 unspecified atom stereocenters. The molecule has 26 heavy (non-hydrogen) atoms. The molecule has 0 radical (unpaired) electrons. The van der Waals surface area contributed by atoms with Crippen LogP contribution in [0.4, 0.5) is 26.3 Å². The van der Waals surface area contributed by atoms with E-state index < -0.39 is 40.5 Å². The van der Waals surface area contributed by atoms with Crippen LogP contribution in [0.2, 0.25) is 0 Å². The van der Waals surface area contributed by atoms with E-state index in [1.54, 1.807) is 0 Å². The summed E-state index contributed by atoms with van der Waals surface area (Å²) in [6, 6.07) is 8.66. The van der Waals surface area contributed by atoms with Crippen molar-refractivity contribution < 1.29 is 31.4 Å². The first-order valence-corrected chi connectivity index (χ1v) is 7.33. The smallest absolute Gasteiger partial charge is 0.416 e. The molecule has 0 fully saturated rings. The summed E-state index contributed by atoms with van der Waals surface area (Å²) < 4.78 is 81.2. The van der Waals surface area contributed by atoms with Crippen LogP contribution in [-0.2, 0) is 6.18 Å². The van der Waals surface area contributed by atoms with Crippen molar-refractivity contribution in [3.05, 3.63) is 77.6 Å². The fraction of sp³-hybridized carbons (Fsp3) is 0.0526. The summed E-state index contributed by atoms with van der Waals surface area (Å²) in [5, 5.41) is 9.23. The SMILES string of the molecule is Oc1cc(F)c(-c2cc(C(F)(F)F)ccc2-c2ccccc2F)cc1F. The summed E-state index contributed by atoms with van der Waals surface area (Å²) in [5.41, 5.74) is -2.07. The molecule has 7 heteroatoms. The van der Waals surface area contributed by atoms with E-state index in [2.05, 4.69) is 0 Å². The largest absolute Gasteiger partial charge is 0.505 e. The van der Waals surface area contributed by atoms with E-state index >= 15 is 0 Å². The van der Waals surface area contributed by atoms with Crippen LogP contribution in [0.15, 0.2) is 54.6 Å². The molecule has 0 saturated carbocycles. The maximum absolute atomic E-state index is 14.2. The van der Waals surface area contributed by atoms with Gasteiger partial charge in [0.25, 0.3) is 0 Å². The van der Waals surface area contributed by atoms with Crippen molar-refractivity contribution in [2.24, 2.45) is 0 Å². The van der Waals surface area contributed by atoms with Crippen molar-refractivity contribution in [3.63, 3.8) is 0 Å². The number of phenols is 1. The van der Waals surface area contributed by atoms with Gasteiger partial charge in [0.1, 0.15) is 11.6 Å². The maximum Gasteiger partial charge on any atom is 0.416 e. The molecule has 0 saturated heterocycles. The Labute approximate surface area is 144 Å². The maximum atomic E-state index is 14.2. The normalized spacial score (nSPS) is 11.6. The molecule has 1 nitrogen and oxygen atoms in total. The Morgan fingerprint density at radius 3 is 1.96 bits per heavy atom. The van der Waals surface area contributed by atoms with E-state index in [-0.39, 0.29) is 16.7 Å². The predicted molar refractivity (Wildman–Crippen MR) is 83.9 cm³/mol. The zero-order chi connectivity index (χ0) is 19.1. The highest BCUT2D eigenvalue weighted by molar-refractivity contribution is 5.84. The Kier molecular flexibility index (Phi) is 4.39. The summed E-state index contributed by atoms with van der Waals surface area (Å²) in [6.07, 6.45) is -4.73. The molecule has 3 rings (SSSR count). The topological polar surface area (TPSA) is 20.2 Å². The van der Waals surface area contributed by atoms with Gasteiger partial charge in [-0.25, -0.2) is 13.2 Å². The van der Waals surface area contributed by atoms with Crippen molar-refractivity contribution in [2.75, 3.05) is 0 Å². The number of benzene rings is 3. The molecule has 3 aromatic carbocycles. The number of hydrogen-bond acceptors (Lipinski definition) is 1. The molecule has 0 atom stereocenters. The van der Waals surface area contributed by atoms with Gasteiger partial charge in [-0.1, -0.05) is 24.3 Å². The van der Waals surface area contributed by atoms with Gasteiger partial charge in [0.05, 0.1) is 5.56 Å². The molecular formula is C19H10F6O. The molecule has 0 aliphatic carbocycles. The number of hydrogen-bond donors (Lipinski definition) is 1. The van der Waals surface area contributed by atoms with Crippen molar-refractivity contribution in [1.82, 2.24) is 0 Å². The molecular weight excluding hydrogens is 358 g/mol. The zero-order valence-electron chi connectivity index (χ0n) is 12.9. The highest BCUT2D eigenvalue weighted by atomic mass is 19.4. The zero-order valence-corrected chi connectivity index (χ0v) is 12.9. The molecule has 134 valence electrons. The van der Waals surface area contributed by atoms with E-state index in [9.17, 15) is 31.4 Å². The van der Waals surface area contributed by atoms with E-state index in [0.29, 0.717) is 18.2 Å². The number of alkyl halides is 3. The average Bonchev–Trinajstić information content (AvgIpc) is 2.57. The van der Waals surface area contributed by atoms with Crippen LogP contribution >= 0.6 is 0 Å². The fourth-order valence-electron chi connectivity index (χ4n) is 2.60. The van der Waals surface area contributed by atoms with Crippen molar-refractivity contribution in [1.29, 1.82) is 0 Å². The summed E-state index contributed by atoms with van der Waals surface area (Å²) in [6.45, 7) is 0. The highest BCUT2D eigenvalue weighted by Crippen LogP contribution is 2.40. The van der Waals surface area contributed by atoms with Crippen LogP contribution < -0.4 is 0 Å². The van der Waals surface area contributed by atoms with E-state index in [4.69, 9.17) is 0 Å². The summed E-state index contributed by atoms with van der Waals surface area (Å²) in [4.78, 5) is 0. The van der Waals surface area contributed by atoms with Gasteiger partial charge >= 0.3 is 6.18 Å². The summed E-state index contributed by atoms with van der Waals surface area (Å²) in [5.74, 6) is -4.06. The first-order valence-electron chi connectivity index (χ1n) is 7.33. The Morgan fingerprint density at radius 2 is 1.31 bits per heavy atom. The molecule has 0 aromatic heterocycles. The van der Waals surface area contributed by atoms with Gasteiger partial charge in [-0.15, -0.1) is 0 Å². The first kappa shape index (κ1) is 17.8. The minimum absolute atomic E-state index is 0.0416. The molecule has 0 bridgehead atoms. The lowest BCUT2D eigenvalue weighted by Crippen LogP contribution is -2.05. The Hall–Kier alpha value is -2.96. The third-order valence-electron chi connectivity index (χ3n) is 3.84. The third-order valence-corrected chi connectivity index (χ3v) is 3.84. The lowest BCUT2D eigenvalue weighted by molar-refractivity contribution is -0.137. The minimum Gasteiger partial charge on any atom is -0.505 e. The quantitative estimate of drug-likeness (QED) is 0.537. The molecule has 1 N–H and O–H groups in total. The number of halogens is 6. The second kappa shape index (κ2) is 6.40. The lowest BCUT2D eigenvalue weighted by atomic mass is 9.92. The molecule has 0 heterocycles. The third kappa shape index (κ3) is 3.24. The van der Waals surface area contributed by atoms with Crippen molar-refractivity contribution >= 4 is 0 Å². The lowest BCUT2D eigenvalue weighted by Gasteiger charge is -2.15. The van der Waals surface area contributed by atoms with Crippen LogP contribution in [0.3, 0.4) is 0 Å². The van der Waals surface area contributed by atoms with Gasteiger partial charge in [-0.05, 0) is 35.4 Å². The summed E-state index contributed by atoms with van der Waals surface area (Å²) >= 11 is 0. The average molecular weight is 368 g/mol. The monoisotopic (exact) mass is 368 g/mol. The molecule has 3 aromatic rings. The van der Waals surface area contributed by atoms with E-state index in [0.717, 1.165) is 18.2 Å². The van der Waals surface area contributed by atoms with Crippen LogP contribution in [-0.4, -0.2) is 5.11 Å². The Bertz CT molecular complexity index is 978. The van der Waals surface area contributed by atoms with Crippen molar-refractivity contribution in [2.45, 2.75) is 6.18 Å². The van der Waals surface area contributed by atoms with Crippen LogP contribution in [0.1, 0.15) is 5.56 Å². The second-order valence-electron chi connectivity index (χ2n) is 5.52. The molecule has 0 aliphatic heterocycles. The van der Waals surface area contributed by atoms with Gasteiger partial charge in [-0.2, -0.15) is 13.2 Å². The van der Waals surface area contributed by atoms with Gasteiger partial charge in [0.15, 0.2) is 11.6 Å². The molecule has 0 amide bonds. The van der Waals surface area contributed by atoms with Gasteiger partial charge in [0, 0.05) is 17.2 Å². The van der Waals surface area contributed by atoms with E-state index in [1.165, 1.54) is 18.2 Å². The summed E-state index contributed by atoms with van der Waals surface area (Å²) in [7, 11) is 0. The molecule has 0 aliphatic rings. The standard InChI is InChI=1S/C19H10F6O/c20-15-4-2-1-3-12(15)11-6-5-10(19(23,24)25)7-13(11)14-8-17(22)18(26)9-16(14)21/h1-9,26H. The number of phenolic OH excluding ortho intramolecular Hbond substituents is 1. The highest BCUT2D eigenvalue weighted by Gasteiger charge is 2.32. The number of aromatic hydroxyl groups is 1.